The first-order valence-electron chi connectivity index (χ1n) is 9.98. The number of halogens is 1. The Balaban J connectivity index is 1.43. The van der Waals surface area contributed by atoms with Crippen LogP contribution in [0.1, 0.15) is 48.0 Å². The van der Waals surface area contributed by atoms with Gasteiger partial charge in [-0.15, -0.1) is 23.1 Å². The SMILES string of the molecule is Cc1sc2nc(CSC(C)C(=O)NC3(c4ccc(F)cc4)CCC3)[nH]c(=O)c2c1C. The fourth-order valence-corrected chi connectivity index (χ4v) is 5.57. The second kappa shape index (κ2) is 8.15. The van der Waals surface area contributed by atoms with Gasteiger partial charge in [0.2, 0.25) is 5.91 Å². The van der Waals surface area contributed by atoms with Gasteiger partial charge in [0.25, 0.3) is 5.56 Å². The molecule has 2 aromatic heterocycles. The molecule has 1 aliphatic rings. The van der Waals surface area contributed by atoms with Gasteiger partial charge in [-0.3, -0.25) is 9.59 Å². The van der Waals surface area contributed by atoms with Gasteiger partial charge in [-0.2, -0.15) is 0 Å². The molecule has 1 saturated carbocycles. The molecule has 0 aliphatic heterocycles. The standard InChI is InChI=1S/C22H24FN3O2S2/c1-12-13(2)30-21-18(12)20(28)24-17(25-21)11-29-14(3)19(27)26-22(9-4-10-22)15-5-7-16(23)8-6-15/h5-8,14H,4,9-11H2,1-3H3,(H,26,27)(H,24,25,28). The molecule has 5 nitrogen and oxygen atoms in total. The number of aromatic nitrogens is 2. The molecule has 2 N–H and O–H groups in total. The molecule has 1 aromatic carbocycles. The van der Waals surface area contributed by atoms with Crippen LogP contribution in [0, 0.1) is 19.7 Å². The summed E-state index contributed by atoms with van der Waals surface area (Å²) >= 11 is 2.96. The Morgan fingerprint density at radius 1 is 1.33 bits per heavy atom. The number of thioether (sulfide) groups is 1. The predicted octanol–water partition coefficient (Wildman–Crippen LogP) is 4.56. The number of amides is 1. The zero-order chi connectivity index (χ0) is 21.5. The number of hydrogen-bond donors (Lipinski definition) is 2. The lowest BCUT2D eigenvalue weighted by molar-refractivity contribution is -0.123. The molecule has 158 valence electrons. The van der Waals surface area contributed by atoms with E-state index >= 15 is 0 Å². The number of benzene rings is 1. The quantitative estimate of drug-likeness (QED) is 0.583. The van der Waals surface area contributed by atoms with E-state index in [0.29, 0.717) is 17.0 Å². The molecule has 4 rings (SSSR count). The molecule has 0 bridgehead atoms. The van der Waals surface area contributed by atoms with Crippen LogP contribution in [0.15, 0.2) is 29.1 Å². The van der Waals surface area contributed by atoms with E-state index in [9.17, 15) is 14.0 Å². The number of nitrogens with zero attached hydrogens (tertiary/aromatic N) is 1. The third-order valence-corrected chi connectivity index (χ3v) is 8.15. The number of thiophene rings is 1. The van der Waals surface area contributed by atoms with Gasteiger partial charge in [0.05, 0.1) is 21.9 Å². The van der Waals surface area contributed by atoms with E-state index < -0.39 is 5.54 Å². The number of H-pyrrole nitrogens is 1. The van der Waals surface area contributed by atoms with E-state index in [2.05, 4.69) is 15.3 Å². The number of carbonyl (C=O) groups excluding carboxylic acids is 1. The van der Waals surface area contributed by atoms with Gasteiger partial charge in [0.15, 0.2) is 0 Å². The lowest BCUT2D eigenvalue weighted by Crippen LogP contribution is -2.52. The van der Waals surface area contributed by atoms with E-state index in [-0.39, 0.29) is 22.5 Å². The third-order valence-electron chi connectivity index (χ3n) is 5.89. The Hall–Kier alpha value is -2.19. The number of aryl methyl sites for hydroxylation is 2. The average molecular weight is 446 g/mol. The highest BCUT2D eigenvalue weighted by molar-refractivity contribution is 7.99. The first-order valence-corrected chi connectivity index (χ1v) is 11.8. The Kier molecular flexibility index (Phi) is 5.72. The monoisotopic (exact) mass is 445 g/mol. The largest absolute Gasteiger partial charge is 0.346 e. The Morgan fingerprint density at radius 3 is 2.67 bits per heavy atom. The lowest BCUT2D eigenvalue weighted by Gasteiger charge is -2.43. The number of rotatable bonds is 6. The van der Waals surface area contributed by atoms with Crippen molar-refractivity contribution in [1.29, 1.82) is 0 Å². The average Bonchev–Trinajstić information content (AvgIpc) is 2.97. The predicted molar refractivity (Wildman–Crippen MR) is 121 cm³/mol. The number of aromatic amines is 1. The molecule has 2 heterocycles. The van der Waals surface area contributed by atoms with Gasteiger partial charge < -0.3 is 10.3 Å². The van der Waals surface area contributed by atoms with Crippen molar-refractivity contribution in [2.24, 2.45) is 0 Å². The van der Waals surface area contributed by atoms with Crippen LogP contribution in [-0.4, -0.2) is 21.1 Å². The highest BCUT2D eigenvalue weighted by Gasteiger charge is 2.40. The Bertz CT molecular complexity index is 1150. The van der Waals surface area contributed by atoms with E-state index in [1.54, 1.807) is 12.1 Å². The second-order valence-electron chi connectivity index (χ2n) is 7.86. The summed E-state index contributed by atoms with van der Waals surface area (Å²) in [5.41, 5.74) is 1.39. The third kappa shape index (κ3) is 3.90. The first kappa shape index (κ1) is 21.1. The molecule has 0 saturated heterocycles. The fraction of sp³-hybridized carbons (Fsp3) is 0.409. The normalized spacial score (nSPS) is 16.3. The van der Waals surface area contributed by atoms with Crippen LogP contribution in [0.2, 0.25) is 0 Å². The molecule has 1 amide bonds. The summed E-state index contributed by atoms with van der Waals surface area (Å²) in [6.45, 7) is 5.77. The van der Waals surface area contributed by atoms with Gasteiger partial charge in [0, 0.05) is 4.88 Å². The first-order chi connectivity index (χ1) is 14.3. The Morgan fingerprint density at radius 2 is 2.03 bits per heavy atom. The summed E-state index contributed by atoms with van der Waals surface area (Å²) in [5.74, 6) is 0.683. The summed E-state index contributed by atoms with van der Waals surface area (Å²) in [4.78, 5) is 34.5. The molecular formula is C22H24FN3O2S2. The number of hydrogen-bond acceptors (Lipinski definition) is 5. The highest BCUT2D eigenvalue weighted by Crippen LogP contribution is 2.41. The van der Waals surface area contributed by atoms with E-state index in [0.717, 1.165) is 40.1 Å². The topological polar surface area (TPSA) is 74.8 Å². The van der Waals surface area contributed by atoms with E-state index in [1.807, 2.05) is 20.8 Å². The number of fused-ring (bicyclic) bond motifs is 1. The molecule has 30 heavy (non-hydrogen) atoms. The van der Waals surface area contributed by atoms with Crippen molar-refractivity contribution < 1.29 is 9.18 Å². The zero-order valence-corrected chi connectivity index (χ0v) is 18.8. The molecule has 0 spiro atoms. The summed E-state index contributed by atoms with van der Waals surface area (Å²) in [6, 6.07) is 6.38. The molecular weight excluding hydrogens is 421 g/mol. The summed E-state index contributed by atoms with van der Waals surface area (Å²) in [5, 5.41) is 3.53. The van der Waals surface area contributed by atoms with Gasteiger partial charge in [-0.1, -0.05) is 12.1 Å². The van der Waals surface area contributed by atoms with Crippen molar-refractivity contribution in [3.63, 3.8) is 0 Å². The molecule has 1 atom stereocenters. The van der Waals surface area contributed by atoms with Crippen LogP contribution in [0.4, 0.5) is 4.39 Å². The van der Waals surface area contributed by atoms with Crippen molar-refractivity contribution in [2.75, 3.05) is 0 Å². The van der Waals surface area contributed by atoms with Crippen LogP contribution < -0.4 is 10.9 Å². The maximum absolute atomic E-state index is 13.3. The number of nitrogens with one attached hydrogen (secondary N) is 2. The highest BCUT2D eigenvalue weighted by atomic mass is 32.2. The van der Waals surface area contributed by atoms with Crippen LogP contribution in [0.25, 0.3) is 10.2 Å². The summed E-state index contributed by atoms with van der Waals surface area (Å²) in [6.07, 6.45) is 2.73. The second-order valence-corrected chi connectivity index (χ2v) is 10.4. The smallest absolute Gasteiger partial charge is 0.259 e. The van der Waals surface area contributed by atoms with Crippen LogP contribution in [-0.2, 0) is 16.1 Å². The molecule has 1 aliphatic carbocycles. The minimum Gasteiger partial charge on any atom is -0.346 e. The zero-order valence-electron chi connectivity index (χ0n) is 17.2. The summed E-state index contributed by atoms with van der Waals surface area (Å²) < 4.78 is 13.3. The minimum atomic E-state index is -0.406. The maximum Gasteiger partial charge on any atom is 0.259 e. The molecule has 3 aromatic rings. The van der Waals surface area contributed by atoms with Crippen molar-refractivity contribution in [1.82, 2.24) is 15.3 Å². The number of carbonyl (C=O) groups is 1. The molecule has 1 fully saturated rings. The van der Waals surface area contributed by atoms with Crippen molar-refractivity contribution in [2.45, 2.75) is 56.6 Å². The van der Waals surface area contributed by atoms with Crippen LogP contribution >= 0.6 is 23.1 Å². The van der Waals surface area contributed by atoms with Gasteiger partial charge in [-0.25, -0.2) is 9.37 Å². The van der Waals surface area contributed by atoms with Crippen molar-refractivity contribution in [3.8, 4) is 0 Å². The summed E-state index contributed by atoms with van der Waals surface area (Å²) in [7, 11) is 0. The lowest BCUT2D eigenvalue weighted by atomic mass is 9.71. The minimum absolute atomic E-state index is 0.0599. The molecule has 1 unspecified atom stereocenters. The van der Waals surface area contributed by atoms with Gasteiger partial charge >= 0.3 is 0 Å². The maximum atomic E-state index is 13.3. The fourth-order valence-electron chi connectivity index (χ4n) is 3.77. The molecule has 8 heteroatoms. The van der Waals surface area contributed by atoms with Gasteiger partial charge in [0.1, 0.15) is 16.5 Å². The molecule has 0 radical (unpaired) electrons. The van der Waals surface area contributed by atoms with Crippen molar-refractivity contribution in [3.05, 3.63) is 62.3 Å². The van der Waals surface area contributed by atoms with Gasteiger partial charge in [-0.05, 0) is 63.3 Å². The van der Waals surface area contributed by atoms with Crippen molar-refractivity contribution >= 4 is 39.2 Å². The van der Waals surface area contributed by atoms with E-state index in [4.69, 9.17) is 0 Å². The van der Waals surface area contributed by atoms with Crippen LogP contribution in [0.3, 0.4) is 0 Å². The Labute approximate surface area is 182 Å². The van der Waals surface area contributed by atoms with E-state index in [1.165, 1.54) is 35.2 Å². The van der Waals surface area contributed by atoms with Crippen LogP contribution in [0.5, 0.6) is 0 Å².